The Bertz CT molecular complexity index is 443. The number of hydrogen-bond donors (Lipinski definition) is 3. The van der Waals surface area contributed by atoms with Crippen LogP contribution in [0.5, 0.6) is 5.88 Å². The van der Waals surface area contributed by atoms with Gasteiger partial charge in [-0.3, -0.25) is 0 Å². The van der Waals surface area contributed by atoms with Crippen molar-refractivity contribution < 1.29 is 5.11 Å². The Morgan fingerprint density at radius 3 is 3.07 bits per heavy atom. The molecule has 0 aliphatic rings. The maximum Gasteiger partial charge on any atom is 0.239 e. The molecule has 0 amide bonds. The van der Waals surface area contributed by atoms with E-state index in [1.807, 2.05) is 17.5 Å². The van der Waals surface area contributed by atoms with Gasteiger partial charge in [-0.05, 0) is 11.4 Å². The van der Waals surface area contributed by atoms with Gasteiger partial charge in [-0.1, -0.05) is 6.07 Å². The first kappa shape index (κ1) is 9.72. The fourth-order valence-electron chi connectivity index (χ4n) is 1.05. The molecule has 2 rings (SSSR count). The van der Waals surface area contributed by atoms with Crippen molar-refractivity contribution in [1.29, 1.82) is 0 Å². The molecule has 0 aromatic carbocycles. The summed E-state index contributed by atoms with van der Waals surface area (Å²) in [7, 11) is 0. The Balaban J connectivity index is 2.02. The predicted octanol–water partition coefficient (Wildman–Crippen LogP) is 1.44. The van der Waals surface area contributed by atoms with Crippen LogP contribution in [0.25, 0.3) is 0 Å². The summed E-state index contributed by atoms with van der Waals surface area (Å²) < 4.78 is 0. The van der Waals surface area contributed by atoms with Crippen LogP contribution in [0.1, 0.15) is 4.88 Å². The molecule has 2 aromatic heterocycles. The van der Waals surface area contributed by atoms with Crippen LogP contribution in [-0.4, -0.2) is 15.1 Å². The molecule has 0 fully saturated rings. The highest BCUT2D eigenvalue weighted by molar-refractivity contribution is 7.09. The van der Waals surface area contributed by atoms with E-state index < -0.39 is 0 Å². The molecule has 15 heavy (non-hydrogen) atoms. The number of aromatic nitrogens is 2. The highest BCUT2D eigenvalue weighted by atomic mass is 32.1. The number of hydrogen-bond acceptors (Lipinski definition) is 6. The second-order valence-electron chi connectivity index (χ2n) is 2.91. The maximum atomic E-state index is 9.24. The zero-order valence-electron chi connectivity index (χ0n) is 7.84. The molecule has 6 heteroatoms. The molecule has 0 aliphatic carbocycles. The SMILES string of the molecule is Nc1cnc(NCc2cccs2)nc1O. The normalized spacial score (nSPS) is 10.1. The highest BCUT2D eigenvalue weighted by Gasteiger charge is 2.02. The summed E-state index contributed by atoms with van der Waals surface area (Å²) in [5.41, 5.74) is 5.56. The van der Waals surface area contributed by atoms with Crippen LogP contribution >= 0.6 is 11.3 Å². The minimum absolute atomic E-state index is 0.177. The lowest BCUT2D eigenvalue weighted by Gasteiger charge is -2.03. The largest absolute Gasteiger partial charge is 0.492 e. The molecule has 0 saturated carbocycles. The van der Waals surface area contributed by atoms with Crippen LogP contribution in [0, 0.1) is 0 Å². The zero-order chi connectivity index (χ0) is 10.7. The van der Waals surface area contributed by atoms with Gasteiger partial charge in [-0.25, -0.2) is 4.98 Å². The first-order valence-corrected chi connectivity index (χ1v) is 5.21. The van der Waals surface area contributed by atoms with Crippen molar-refractivity contribution in [1.82, 2.24) is 9.97 Å². The fourth-order valence-corrected chi connectivity index (χ4v) is 1.69. The summed E-state index contributed by atoms with van der Waals surface area (Å²) in [6, 6.07) is 3.98. The molecule has 0 radical (unpaired) electrons. The van der Waals surface area contributed by atoms with E-state index in [4.69, 9.17) is 5.73 Å². The third kappa shape index (κ3) is 2.35. The summed E-state index contributed by atoms with van der Waals surface area (Å²) in [4.78, 5) is 8.90. The number of nitrogen functional groups attached to an aromatic ring is 1. The van der Waals surface area contributed by atoms with E-state index in [0.29, 0.717) is 12.5 Å². The number of nitrogens with zero attached hydrogens (tertiary/aromatic N) is 2. The minimum atomic E-state index is -0.196. The van der Waals surface area contributed by atoms with Crippen LogP contribution in [0.3, 0.4) is 0 Å². The van der Waals surface area contributed by atoms with Gasteiger partial charge in [-0.2, -0.15) is 4.98 Å². The van der Waals surface area contributed by atoms with Gasteiger partial charge < -0.3 is 16.2 Å². The lowest BCUT2D eigenvalue weighted by atomic mass is 10.4. The quantitative estimate of drug-likeness (QED) is 0.731. The van der Waals surface area contributed by atoms with Crippen LogP contribution in [0.2, 0.25) is 0 Å². The second-order valence-corrected chi connectivity index (χ2v) is 3.94. The van der Waals surface area contributed by atoms with E-state index in [0.717, 1.165) is 0 Å². The molecule has 4 N–H and O–H groups in total. The average Bonchev–Trinajstić information content (AvgIpc) is 2.73. The van der Waals surface area contributed by atoms with E-state index >= 15 is 0 Å². The first-order chi connectivity index (χ1) is 7.25. The van der Waals surface area contributed by atoms with Crippen LogP contribution < -0.4 is 11.1 Å². The molecule has 0 unspecified atom stereocenters. The van der Waals surface area contributed by atoms with Crippen molar-refractivity contribution in [2.45, 2.75) is 6.54 Å². The summed E-state index contributed by atoms with van der Waals surface area (Å²) in [6.07, 6.45) is 1.37. The van der Waals surface area contributed by atoms with Gasteiger partial charge in [0.05, 0.1) is 12.7 Å². The van der Waals surface area contributed by atoms with E-state index in [-0.39, 0.29) is 11.6 Å². The Labute approximate surface area is 90.6 Å². The lowest BCUT2D eigenvalue weighted by Crippen LogP contribution is -2.03. The van der Waals surface area contributed by atoms with Gasteiger partial charge in [-0.15, -0.1) is 11.3 Å². The van der Waals surface area contributed by atoms with Crippen LogP contribution in [-0.2, 0) is 6.54 Å². The minimum Gasteiger partial charge on any atom is -0.492 e. The summed E-state index contributed by atoms with van der Waals surface area (Å²) in [5.74, 6) is 0.175. The Morgan fingerprint density at radius 2 is 2.40 bits per heavy atom. The van der Waals surface area contributed by atoms with Crippen molar-refractivity contribution in [2.75, 3.05) is 11.1 Å². The number of nitrogens with two attached hydrogens (primary N) is 1. The molecule has 5 nitrogen and oxygen atoms in total. The summed E-state index contributed by atoms with van der Waals surface area (Å²) in [6.45, 7) is 0.640. The maximum absolute atomic E-state index is 9.24. The van der Waals surface area contributed by atoms with Gasteiger partial charge in [0, 0.05) is 4.88 Å². The Kier molecular flexibility index (Phi) is 2.68. The molecule has 0 saturated heterocycles. The van der Waals surface area contributed by atoms with Gasteiger partial charge in [0.15, 0.2) is 0 Å². The molecule has 2 heterocycles. The third-order valence-electron chi connectivity index (χ3n) is 1.80. The smallest absolute Gasteiger partial charge is 0.239 e. The van der Waals surface area contributed by atoms with Crippen molar-refractivity contribution in [3.63, 3.8) is 0 Å². The van der Waals surface area contributed by atoms with Gasteiger partial charge in [0.1, 0.15) is 5.69 Å². The highest BCUT2D eigenvalue weighted by Crippen LogP contribution is 2.17. The number of aromatic hydroxyl groups is 1. The van der Waals surface area contributed by atoms with Crippen molar-refractivity contribution >= 4 is 23.0 Å². The molecular formula is C9H10N4OS. The zero-order valence-corrected chi connectivity index (χ0v) is 8.66. The van der Waals surface area contributed by atoms with E-state index in [1.54, 1.807) is 11.3 Å². The molecule has 2 aromatic rings. The lowest BCUT2D eigenvalue weighted by molar-refractivity contribution is 0.456. The average molecular weight is 222 g/mol. The summed E-state index contributed by atoms with van der Waals surface area (Å²) >= 11 is 1.64. The molecule has 0 spiro atoms. The summed E-state index contributed by atoms with van der Waals surface area (Å²) in [5, 5.41) is 14.2. The van der Waals surface area contributed by atoms with Crippen molar-refractivity contribution in [3.8, 4) is 5.88 Å². The van der Waals surface area contributed by atoms with Crippen LogP contribution in [0.15, 0.2) is 23.7 Å². The van der Waals surface area contributed by atoms with Crippen molar-refractivity contribution in [2.24, 2.45) is 0 Å². The van der Waals surface area contributed by atoms with E-state index in [9.17, 15) is 5.11 Å². The first-order valence-electron chi connectivity index (χ1n) is 4.33. The monoisotopic (exact) mass is 222 g/mol. The van der Waals surface area contributed by atoms with Gasteiger partial charge >= 0.3 is 0 Å². The van der Waals surface area contributed by atoms with Crippen LogP contribution in [0.4, 0.5) is 11.6 Å². The Hall–Kier alpha value is -1.82. The Morgan fingerprint density at radius 1 is 1.53 bits per heavy atom. The van der Waals surface area contributed by atoms with Gasteiger partial charge in [0.2, 0.25) is 11.8 Å². The van der Waals surface area contributed by atoms with Crippen molar-refractivity contribution in [3.05, 3.63) is 28.6 Å². The number of nitrogens with one attached hydrogen (secondary N) is 1. The number of thiophene rings is 1. The number of rotatable bonds is 3. The topological polar surface area (TPSA) is 84.1 Å². The fraction of sp³-hybridized carbons (Fsp3) is 0.111. The van der Waals surface area contributed by atoms with Gasteiger partial charge in [0.25, 0.3) is 0 Å². The third-order valence-corrected chi connectivity index (χ3v) is 2.67. The second kappa shape index (κ2) is 4.14. The van der Waals surface area contributed by atoms with E-state index in [1.165, 1.54) is 11.1 Å². The molecule has 0 atom stereocenters. The number of anilines is 2. The standard InChI is InChI=1S/C9H10N4OS/c10-7-5-12-9(13-8(7)14)11-4-6-2-1-3-15-6/h1-3,5H,4,10H2,(H2,11,12,13,14). The van der Waals surface area contributed by atoms with E-state index in [2.05, 4.69) is 15.3 Å². The predicted molar refractivity (Wildman–Crippen MR) is 59.8 cm³/mol. The molecular weight excluding hydrogens is 212 g/mol. The molecule has 78 valence electrons. The molecule has 0 bridgehead atoms. The molecule has 0 aliphatic heterocycles.